The van der Waals surface area contributed by atoms with Gasteiger partial charge < -0.3 is 35.4 Å². The minimum atomic E-state index is -0.819. The highest BCUT2D eigenvalue weighted by molar-refractivity contribution is 7.13. The van der Waals surface area contributed by atoms with E-state index >= 15 is 0 Å². The number of benzene rings is 1. The van der Waals surface area contributed by atoms with Crippen LogP contribution in [0.5, 0.6) is 0 Å². The van der Waals surface area contributed by atoms with Crippen molar-refractivity contribution in [1.82, 2.24) is 30.4 Å². The summed E-state index contributed by atoms with van der Waals surface area (Å²) >= 11 is 1.60. The third-order valence-electron chi connectivity index (χ3n) is 9.68. The van der Waals surface area contributed by atoms with Gasteiger partial charge in [0.1, 0.15) is 24.5 Å². The first-order valence-electron chi connectivity index (χ1n) is 17.9. The average Bonchev–Trinajstić information content (AvgIpc) is 3.81. The lowest BCUT2D eigenvalue weighted by Crippen LogP contribution is -2.58. The summed E-state index contributed by atoms with van der Waals surface area (Å²) in [7, 11) is 1.34. The number of hydrogen-bond donors (Lipinski definition) is 2. The highest BCUT2D eigenvalue weighted by Crippen LogP contribution is 2.29. The van der Waals surface area contributed by atoms with E-state index in [-0.39, 0.29) is 35.8 Å². The molecule has 3 atom stereocenters. The molecule has 0 saturated carbocycles. The standard InChI is InChI=1S/C38H51N7O6S.H2O/c1-25(27-9-11-28(12-10-27)33-26(2)40-24-52-33)41-35(47)30-8-7-15-45(30)36(48)34(38(3,4)5)42-32(46)23-51-21-20-43-16-18-44(19-17-43)31-14-13-29(22-39-31)37(49)50-6;/h9-14,22,24-25,30,34H,7-8,15-21,23H2,1-6H3,(H,41,47)(H,42,46);1H2/t25-,30-,34+;/m0./s1. The van der Waals surface area contributed by atoms with Crippen LogP contribution in [0.15, 0.2) is 48.1 Å². The SMILES string of the molecule is COC(=O)c1ccc(N2CCN(CCOCC(=O)N[C@H](C(=O)N3CCC[C@H]3C(=O)N[C@@H](C)c3ccc(-c4scnc4C)cc3)C(C)(C)C)CC2)nc1.O. The summed E-state index contributed by atoms with van der Waals surface area (Å²) in [4.78, 5) is 68.1. The van der Waals surface area contributed by atoms with Crippen LogP contribution in [-0.2, 0) is 23.9 Å². The zero-order valence-corrected chi connectivity index (χ0v) is 32.3. The quantitative estimate of drug-likeness (QED) is 0.195. The number of hydrogen-bond acceptors (Lipinski definition) is 11. The number of anilines is 1. The maximum absolute atomic E-state index is 14.0. The molecule has 53 heavy (non-hydrogen) atoms. The number of nitrogens with zero attached hydrogens (tertiary/aromatic N) is 5. The fraction of sp³-hybridized carbons (Fsp3) is 0.526. The van der Waals surface area contributed by atoms with E-state index in [0.717, 1.165) is 53.7 Å². The molecule has 1 aromatic carbocycles. The first-order valence-corrected chi connectivity index (χ1v) is 18.7. The van der Waals surface area contributed by atoms with Crippen molar-refractivity contribution in [1.29, 1.82) is 0 Å². The minimum absolute atomic E-state index is 0. The van der Waals surface area contributed by atoms with E-state index in [4.69, 9.17) is 9.47 Å². The highest BCUT2D eigenvalue weighted by atomic mass is 32.1. The second-order valence-corrected chi connectivity index (χ2v) is 15.3. The van der Waals surface area contributed by atoms with Crippen molar-refractivity contribution in [3.63, 3.8) is 0 Å². The summed E-state index contributed by atoms with van der Waals surface area (Å²) < 4.78 is 10.5. The molecule has 288 valence electrons. The summed E-state index contributed by atoms with van der Waals surface area (Å²) in [5, 5.41) is 6.02. The fourth-order valence-electron chi connectivity index (χ4n) is 6.59. The molecule has 0 aliphatic carbocycles. The normalized spacial score (nSPS) is 17.4. The van der Waals surface area contributed by atoms with E-state index in [1.807, 2.05) is 70.5 Å². The number of amides is 3. The van der Waals surface area contributed by atoms with Gasteiger partial charge in [0.25, 0.3) is 0 Å². The summed E-state index contributed by atoms with van der Waals surface area (Å²) in [6, 6.07) is 9.97. The molecule has 15 heteroatoms. The van der Waals surface area contributed by atoms with Gasteiger partial charge in [0.15, 0.2) is 0 Å². The maximum atomic E-state index is 14.0. The van der Waals surface area contributed by atoms with E-state index in [9.17, 15) is 19.2 Å². The number of rotatable bonds is 13. The molecule has 14 nitrogen and oxygen atoms in total. The highest BCUT2D eigenvalue weighted by Gasteiger charge is 2.42. The van der Waals surface area contributed by atoms with Crippen LogP contribution in [0, 0.1) is 12.3 Å². The third-order valence-corrected chi connectivity index (χ3v) is 10.7. The van der Waals surface area contributed by atoms with Crippen LogP contribution < -0.4 is 15.5 Å². The predicted molar refractivity (Wildman–Crippen MR) is 204 cm³/mol. The number of pyridine rings is 1. The van der Waals surface area contributed by atoms with Crippen molar-refractivity contribution < 1.29 is 34.1 Å². The van der Waals surface area contributed by atoms with Crippen LogP contribution in [-0.4, -0.2) is 121 Å². The van der Waals surface area contributed by atoms with Crippen LogP contribution in [0.3, 0.4) is 0 Å². The number of thiazole rings is 1. The first-order chi connectivity index (χ1) is 24.8. The number of ether oxygens (including phenoxy) is 2. The molecule has 2 fully saturated rings. The number of carbonyl (C=O) groups is 4. The lowest BCUT2D eigenvalue weighted by molar-refractivity contribution is -0.144. The lowest BCUT2D eigenvalue weighted by atomic mass is 9.85. The van der Waals surface area contributed by atoms with E-state index in [0.29, 0.717) is 38.1 Å². The van der Waals surface area contributed by atoms with Gasteiger partial charge in [0.05, 0.1) is 41.4 Å². The molecule has 2 aromatic heterocycles. The average molecular weight is 752 g/mol. The summed E-state index contributed by atoms with van der Waals surface area (Å²) in [6.45, 7) is 14.1. The molecule has 3 amide bonds. The van der Waals surface area contributed by atoms with Crippen LogP contribution >= 0.6 is 11.3 Å². The number of carbonyl (C=O) groups excluding carboxylic acids is 4. The van der Waals surface area contributed by atoms with Crippen molar-refractivity contribution in [2.24, 2.45) is 5.41 Å². The van der Waals surface area contributed by atoms with E-state index in [1.54, 1.807) is 22.3 Å². The van der Waals surface area contributed by atoms with E-state index in [2.05, 4.69) is 30.4 Å². The Morgan fingerprint density at radius 1 is 0.981 bits per heavy atom. The molecule has 0 radical (unpaired) electrons. The Morgan fingerprint density at radius 3 is 2.30 bits per heavy atom. The predicted octanol–water partition coefficient (Wildman–Crippen LogP) is 3.01. The summed E-state index contributed by atoms with van der Waals surface area (Å²) in [5.74, 6) is -0.433. The van der Waals surface area contributed by atoms with Gasteiger partial charge in [-0.15, -0.1) is 11.3 Å². The van der Waals surface area contributed by atoms with Gasteiger partial charge in [-0.25, -0.2) is 14.8 Å². The maximum Gasteiger partial charge on any atom is 0.339 e. The molecule has 3 aromatic rings. The molecule has 4 N–H and O–H groups in total. The summed E-state index contributed by atoms with van der Waals surface area (Å²) in [6.07, 6.45) is 2.80. The monoisotopic (exact) mass is 751 g/mol. The molecule has 5 rings (SSSR count). The number of aryl methyl sites for hydroxylation is 1. The van der Waals surface area contributed by atoms with E-state index in [1.165, 1.54) is 13.3 Å². The summed E-state index contributed by atoms with van der Waals surface area (Å²) in [5.41, 5.74) is 4.71. The minimum Gasteiger partial charge on any atom is -0.465 e. The van der Waals surface area contributed by atoms with Gasteiger partial charge in [0.2, 0.25) is 17.7 Å². The smallest absolute Gasteiger partial charge is 0.339 e. The second-order valence-electron chi connectivity index (χ2n) is 14.5. The number of nitrogens with one attached hydrogen (secondary N) is 2. The first kappa shape index (κ1) is 41.3. The molecular weight excluding hydrogens is 699 g/mol. The Labute approximate surface area is 315 Å². The number of piperazine rings is 1. The molecule has 0 spiro atoms. The van der Waals surface area contributed by atoms with Crippen molar-refractivity contribution in [3.05, 3.63) is 64.9 Å². The van der Waals surface area contributed by atoms with Gasteiger partial charge in [0, 0.05) is 45.5 Å². The van der Waals surface area contributed by atoms with Crippen LogP contribution in [0.1, 0.15) is 68.2 Å². The van der Waals surface area contributed by atoms with Crippen LogP contribution in [0.25, 0.3) is 10.4 Å². The Morgan fingerprint density at radius 2 is 1.70 bits per heavy atom. The topological polar surface area (TPSA) is 178 Å². The second kappa shape index (κ2) is 18.5. The van der Waals surface area contributed by atoms with Crippen molar-refractivity contribution in [3.8, 4) is 10.4 Å². The van der Waals surface area contributed by atoms with Gasteiger partial charge in [-0.3, -0.25) is 19.3 Å². The lowest BCUT2D eigenvalue weighted by Gasteiger charge is -2.36. The Kier molecular flexibility index (Phi) is 14.5. The number of esters is 1. The number of likely N-dealkylation sites (tertiary alicyclic amines) is 1. The Bertz CT molecular complexity index is 1690. The molecule has 0 bridgehead atoms. The van der Waals surface area contributed by atoms with Gasteiger partial charge >= 0.3 is 5.97 Å². The van der Waals surface area contributed by atoms with Crippen molar-refractivity contribution in [2.75, 3.05) is 64.5 Å². The van der Waals surface area contributed by atoms with Crippen molar-refractivity contribution >= 4 is 40.8 Å². The van der Waals surface area contributed by atoms with E-state index < -0.39 is 23.5 Å². The Balaban J connectivity index is 0.00000627. The third kappa shape index (κ3) is 10.6. The van der Waals surface area contributed by atoms with Gasteiger partial charge in [-0.2, -0.15) is 0 Å². The molecule has 4 heterocycles. The molecule has 0 unspecified atom stereocenters. The fourth-order valence-corrected chi connectivity index (χ4v) is 7.40. The molecule has 2 saturated heterocycles. The van der Waals surface area contributed by atoms with Crippen LogP contribution in [0.2, 0.25) is 0 Å². The zero-order chi connectivity index (χ0) is 37.4. The molecule has 2 aliphatic heterocycles. The van der Waals surface area contributed by atoms with Gasteiger partial charge in [-0.05, 0) is 55.4 Å². The molecule has 2 aliphatic rings. The number of methoxy groups -OCH3 is 1. The Hall–Kier alpha value is -4.44. The number of aromatic nitrogens is 2. The molecular formula is C38H53N7O7S. The zero-order valence-electron chi connectivity index (χ0n) is 31.5. The van der Waals surface area contributed by atoms with Gasteiger partial charge in [-0.1, -0.05) is 45.0 Å². The van der Waals surface area contributed by atoms with Crippen LogP contribution in [0.4, 0.5) is 5.82 Å². The van der Waals surface area contributed by atoms with Crippen molar-refractivity contribution in [2.45, 2.75) is 65.6 Å². The largest absolute Gasteiger partial charge is 0.465 e.